The first-order valence-corrected chi connectivity index (χ1v) is 12.0. The van der Waals surface area contributed by atoms with Gasteiger partial charge in [-0.25, -0.2) is 0 Å². The van der Waals surface area contributed by atoms with E-state index in [1.165, 1.54) is 5.56 Å². The van der Waals surface area contributed by atoms with E-state index in [0.717, 1.165) is 76.7 Å². The molecular formula is C25H43N3O3. The molecule has 6 heteroatoms. The van der Waals surface area contributed by atoms with Crippen molar-refractivity contribution in [2.45, 2.75) is 65.2 Å². The molecule has 6 nitrogen and oxygen atoms in total. The monoisotopic (exact) mass is 433 g/mol. The molecule has 1 aliphatic heterocycles. The van der Waals surface area contributed by atoms with Crippen molar-refractivity contribution in [1.82, 2.24) is 10.6 Å². The Kier molecular flexibility index (Phi) is 10.6. The van der Waals surface area contributed by atoms with Gasteiger partial charge in [0.15, 0.2) is 5.96 Å². The number of aliphatic hydroxyl groups is 1. The summed E-state index contributed by atoms with van der Waals surface area (Å²) >= 11 is 0. The lowest BCUT2D eigenvalue weighted by Gasteiger charge is -2.38. The van der Waals surface area contributed by atoms with Crippen LogP contribution in [0.5, 0.6) is 5.75 Å². The van der Waals surface area contributed by atoms with Crippen molar-refractivity contribution in [2.24, 2.45) is 10.4 Å². The SMILES string of the molecule is CCNC(=NCC(CC)(CC)CCO)NCC1(c2ccc(OCC)cc2)CCOCC1. The number of benzene rings is 1. The molecule has 0 spiro atoms. The molecule has 0 saturated carbocycles. The third kappa shape index (κ3) is 7.11. The van der Waals surface area contributed by atoms with Crippen LogP contribution in [0.15, 0.2) is 29.3 Å². The van der Waals surface area contributed by atoms with Crippen LogP contribution in [0.1, 0.15) is 65.4 Å². The molecule has 0 atom stereocenters. The highest BCUT2D eigenvalue weighted by Gasteiger charge is 2.35. The van der Waals surface area contributed by atoms with Gasteiger partial charge in [-0.15, -0.1) is 0 Å². The average Bonchev–Trinajstić information content (AvgIpc) is 2.81. The molecule has 31 heavy (non-hydrogen) atoms. The first-order valence-electron chi connectivity index (χ1n) is 12.0. The van der Waals surface area contributed by atoms with E-state index >= 15 is 0 Å². The number of rotatable bonds is 12. The largest absolute Gasteiger partial charge is 0.494 e. The van der Waals surface area contributed by atoms with Crippen LogP contribution in [-0.2, 0) is 10.2 Å². The van der Waals surface area contributed by atoms with Crippen LogP contribution in [0.25, 0.3) is 0 Å². The minimum absolute atomic E-state index is 0.0108. The maximum atomic E-state index is 9.52. The summed E-state index contributed by atoms with van der Waals surface area (Å²) in [5.74, 6) is 1.76. The Hall–Kier alpha value is -1.79. The molecule has 0 aromatic heterocycles. The van der Waals surface area contributed by atoms with Crippen molar-refractivity contribution < 1.29 is 14.6 Å². The number of hydrogen-bond donors (Lipinski definition) is 3. The smallest absolute Gasteiger partial charge is 0.191 e. The van der Waals surface area contributed by atoms with Gasteiger partial charge in [0, 0.05) is 44.9 Å². The van der Waals surface area contributed by atoms with Gasteiger partial charge in [0.05, 0.1) is 6.61 Å². The zero-order chi connectivity index (χ0) is 22.6. The van der Waals surface area contributed by atoms with E-state index in [1.54, 1.807) is 0 Å². The van der Waals surface area contributed by atoms with Gasteiger partial charge in [-0.3, -0.25) is 4.99 Å². The number of aliphatic hydroxyl groups excluding tert-OH is 1. The van der Waals surface area contributed by atoms with Gasteiger partial charge < -0.3 is 25.2 Å². The Bertz CT molecular complexity index is 650. The summed E-state index contributed by atoms with van der Waals surface area (Å²) in [5, 5.41) is 16.5. The Labute approximate surface area is 188 Å². The molecule has 1 aliphatic rings. The van der Waals surface area contributed by atoms with Crippen LogP contribution in [0.3, 0.4) is 0 Å². The molecule has 3 N–H and O–H groups in total. The van der Waals surface area contributed by atoms with Crippen molar-refractivity contribution in [1.29, 1.82) is 0 Å². The van der Waals surface area contributed by atoms with Gasteiger partial charge in [0.1, 0.15) is 5.75 Å². The van der Waals surface area contributed by atoms with Crippen LogP contribution in [0.2, 0.25) is 0 Å². The number of nitrogens with one attached hydrogen (secondary N) is 2. The maximum Gasteiger partial charge on any atom is 0.191 e. The molecular weight excluding hydrogens is 390 g/mol. The predicted octanol–water partition coefficient (Wildman–Crippen LogP) is 3.88. The summed E-state index contributed by atoms with van der Waals surface area (Å²) in [6.45, 7) is 13.3. The number of nitrogens with zero attached hydrogens (tertiary/aromatic N) is 1. The molecule has 0 amide bonds. The Morgan fingerprint density at radius 3 is 2.32 bits per heavy atom. The minimum atomic E-state index is 0.0108. The molecule has 0 aliphatic carbocycles. The van der Waals surface area contributed by atoms with Crippen LogP contribution < -0.4 is 15.4 Å². The highest BCUT2D eigenvalue weighted by Crippen LogP contribution is 2.35. The van der Waals surface area contributed by atoms with Crippen LogP contribution in [0, 0.1) is 5.41 Å². The summed E-state index contributed by atoms with van der Waals surface area (Å²) in [7, 11) is 0. The fraction of sp³-hybridized carbons (Fsp3) is 0.720. The van der Waals surface area contributed by atoms with Gasteiger partial charge in [-0.05, 0) is 69.1 Å². The first-order chi connectivity index (χ1) is 15.1. The van der Waals surface area contributed by atoms with Gasteiger partial charge in [0.2, 0.25) is 0 Å². The van der Waals surface area contributed by atoms with Crippen molar-refractivity contribution in [3.05, 3.63) is 29.8 Å². The van der Waals surface area contributed by atoms with E-state index in [-0.39, 0.29) is 17.4 Å². The normalized spacial score (nSPS) is 16.7. The Balaban J connectivity index is 2.17. The van der Waals surface area contributed by atoms with Gasteiger partial charge in [-0.2, -0.15) is 0 Å². The third-order valence-electron chi connectivity index (χ3n) is 6.88. The summed E-state index contributed by atoms with van der Waals surface area (Å²) < 4.78 is 11.3. The molecule has 1 fully saturated rings. The minimum Gasteiger partial charge on any atom is -0.494 e. The van der Waals surface area contributed by atoms with Crippen LogP contribution in [0.4, 0.5) is 0 Å². The number of ether oxygens (including phenoxy) is 2. The zero-order valence-electron chi connectivity index (χ0n) is 20.0. The summed E-state index contributed by atoms with van der Waals surface area (Å²) in [4.78, 5) is 4.93. The molecule has 0 radical (unpaired) electrons. The molecule has 176 valence electrons. The summed E-state index contributed by atoms with van der Waals surface area (Å²) in [6.07, 6.45) is 4.77. The van der Waals surface area contributed by atoms with E-state index in [0.29, 0.717) is 6.61 Å². The Morgan fingerprint density at radius 1 is 1.10 bits per heavy atom. The summed E-state index contributed by atoms with van der Waals surface area (Å²) in [6, 6.07) is 8.53. The van der Waals surface area contributed by atoms with Crippen molar-refractivity contribution in [3.8, 4) is 5.75 Å². The average molecular weight is 434 g/mol. The second-order valence-electron chi connectivity index (χ2n) is 8.58. The number of guanidine groups is 1. The second-order valence-corrected chi connectivity index (χ2v) is 8.58. The van der Waals surface area contributed by atoms with Crippen molar-refractivity contribution in [3.63, 3.8) is 0 Å². The quantitative estimate of drug-likeness (QED) is 0.345. The number of aliphatic imine (C=N–C) groups is 1. The highest BCUT2D eigenvalue weighted by molar-refractivity contribution is 5.79. The molecule has 1 aromatic rings. The Morgan fingerprint density at radius 2 is 1.77 bits per heavy atom. The van der Waals surface area contributed by atoms with Gasteiger partial charge in [0.25, 0.3) is 0 Å². The fourth-order valence-corrected chi connectivity index (χ4v) is 4.39. The fourth-order valence-electron chi connectivity index (χ4n) is 4.39. The van der Waals surface area contributed by atoms with E-state index in [1.807, 2.05) is 6.92 Å². The lowest BCUT2D eigenvalue weighted by Crippen LogP contribution is -2.48. The number of hydrogen-bond acceptors (Lipinski definition) is 4. The maximum absolute atomic E-state index is 9.52. The molecule has 1 heterocycles. The highest BCUT2D eigenvalue weighted by atomic mass is 16.5. The zero-order valence-corrected chi connectivity index (χ0v) is 20.0. The first kappa shape index (κ1) is 25.5. The van der Waals surface area contributed by atoms with Crippen LogP contribution >= 0.6 is 0 Å². The second kappa shape index (κ2) is 12.9. The van der Waals surface area contributed by atoms with E-state index in [9.17, 15) is 5.11 Å². The lowest BCUT2D eigenvalue weighted by atomic mass is 9.74. The van der Waals surface area contributed by atoms with E-state index in [2.05, 4.69) is 55.7 Å². The van der Waals surface area contributed by atoms with E-state index in [4.69, 9.17) is 14.5 Å². The predicted molar refractivity (Wildman–Crippen MR) is 128 cm³/mol. The topological polar surface area (TPSA) is 75.1 Å². The lowest BCUT2D eigenvalue weighted by molar-refractivity contribution is 0.0513. The van der Waals surface area contributed by atoms with Crippen LogP contribution in [-0.4, -0.2) is 57.1 Å². The molecule has 0 bridgehead atoms. The van der Waals surface area contributed by atoms with Gasteiger partial charge >= 0.3 is 0 Å². The standard InChI is InChI=1S/C25H43N3O3/c1-5-24(6-2,13-16-29)19-27-23(26-7-3)28-20-25(14-17-30-18-15-25)21-9-11-22(12-10-21)31-8-4/h9-12,29H,5-8,13-20H2,1-4H3,(H2,26,27,28). The van der Waals surface area contributed by atoms with Crippen molar-refractivity contribution >= 4 is 5.96 Å². The molecule has 1 aromatic carbocycles. The molecule has 0 unspecified atom stereocenters. The molecule has 2 rings (SSSR count). The third-order valence-corrected chi connectivity index (χ3v) is 6.88. The van der Waals surface area contributed by atoms with Gasteiger partial charge in [-0.1, -0.05) is 26.0 Å². The summed E-state index contributed by atoms with van der Waals surface area (Å²) in [5.41, 5.74) is 1.39. The molecule has 1 saturated heterocycles. The van der Waals surface area contributed by atoms with Crippen molar-refractivity contribution in [2.75, 3.05) is 46.1 Å². The van der Waals surface area contributed by atoms with E-state index < -0.39 is 0 Å².